The zero-order valence-electron chi connectivity index (χ0n) is 28.8. The molecular formula is C34H45F3N6O4S. The van der Waals surface area contributed by atoms with E-state index >= 15 is 8.78 Å². The molecule has 2 aromatic rings. The van der Waals surface area contributed by atoms with Gasteiger partial charge in [-0.05, 0) is 72.1 Å². The highest BCUT2D eigenvalue weighted by Gasteiger charge is 2.61. The molecule has 5 rings (SSSR count). The monoisotopic (exact) mass is 690 g/mol. The van der Waals surface area contributed by atoms with Crippen molar-refractivity contribution in [1.29, 1.82) is 0 Å². The molecule has 0 spiro atoms. The van der Waals surface area contributed by atoms with Gasteiger partial charge in [0.05, 0.1) is 24.1 Å². The minimum atomic E-state index is -3.10. The molecule has 14 heteroatoms. The fraction of sp³-hybridized carbons (Fsp3) is 0.588. The second kappa shape index (κ2) is 13.5. The first-order valence-electron chi connectivity index (χ1n) is 16.2. The van der Waals surface area contributed by atoms with Gasteiger partial charge in [0.15, 0.2) is 10.8 Å². The van der Waals surface area contributed by atoms with Crippen LogP contribution < -0.4 is 5.32 Å². The summed E-state index contributed by atoms with van der Waals surface area (Å²) in [5, 5.41) is 9.00. The summed E-state index contributed by atoms with van der Waals surface area (Å²) in [6, 6.07) is 1.90. The Morgan fingerprint density at radius 3 is 2.56 bits per heavy atom. The number of amidine groups is 1. The van der Waals surface area contributed by atoms with Crippen molar-refractivity contribution in [1.82, 2.24) is 25.2 Å². The van der Waals surface area contributed by atoms with Gasteiger partial charge in [0.1, 0.15) is 23.5 Å². The fourth-order valence-corrected chi connectivity index (χ4v) is 7.13. The third-order valence-electron chi connectivity index (χ3n) is 9.03. The maximum absolute atomic E-state index is 16.0. The molecule has 2 unspecified atom stereocenters. The van der Waals surface area contributed by atoms with Crippen molar-refractivity contribution in [3.05, 3.63) is 63.0 Å². The van der Waals surface area contributed by atoms with Crippen LogP contribution in [0.15, 0.2) is 46.0 Å². The summed E-state index contributed by atoms with van der Waals surface area (Å²) in [4.78, 5) is 37.4. The van der Waals surface area contributed by atoms with Crippen molar-refractivity contribution >= 4 is 29.1 Å². The van der Waals surface area contributed by atoms with Crippen LogP contribution >= 0.6 is 11.3 Å². The number of alkyl halides is 2. The van der Waals surface area contributed by atoms with E-state index < -0.39 is 53.4 Å². The van der Waals surface area contributed by atoms with Crippen LogP contribution in [0.5, 0.6) is 0 Å². The molecule has 3 aliphatic rings. The number of fused-ring (bicyclic) bond motifs is 1. The van der Waals surface area contributed by atoms with Crippen molar-refractivity contribution < 1.29 is 32.2 Å². The van der Waals surface area contributed by atoms with E-state index in [1.54, 1.807) is 94.1 Å². The van der Waals surface area contributed by atoms with Crippen LogP contribution in [-0.4, -0.2) is 101 Å². The number of aliphatic imine (C=N–C) groups is 1. The first-order chi connectivity index (χ1) is 22.4. The van der Waals surface area contributed by atoms with E-state index in [2.05, 4.69) is 10.3 Å². The van der Waals surface area contributed by atoms with Crippen molar-refractivity contribution in [2.75, 3.05) is 39.8 Å². The summed E-state index contributed by atoms with van der Waals surface area (Å²) < 4.78 is 58.0. The molecule has 2 saturated heterocycles. The molecule has 0 saturated carbocycles. The number of rotatable bonds is 10. The van der Waals surface area contributed by atoms with Gasteiger partial charge >= 0.3 is 11.9 Å². The summed E-state index contributed by atoms with van der Waals surface area (Å²) in [5.41, 5.74) is -0.270. The second-order valence-electron chi connectivity index (χ2n) is 14.2. The number of benzene rings is 1. The summed E-state index contributed by atoms with van der Waals surface area (Å²) in [5.74, 6) is -4.23. The molecule has 1 N–H and O–H groups in total. The zero-order valence-corrected chi connectivity index (χ0v) is 29.6. The van der Waals surface area contributed by atoms with Crippen LogP contribution in [0.25, 0.3) is 0 Å². The maximum atomic E-state index is 16.0. The number of nitrogens with zero attached hydrogens (tertiary/aromatic N) is 5. The number of hydrazine groups is 1. The van der Waals surface area contributed by atoms with Gasteiger partial charge in [-0.3, -0.25) is 14.7 Å². The topological polar surface area (TPSA) is 99.6 Å². The molecule has 3 aliphatic heterocycles. The summed E-state index contributed by atoms with van der Waals surface area (Å²) in [6.07, 6.45) is 1.93. The highest BCUT2D eigenvalue weighted by atomic mass is 32.1. The lowest BCUT2D eigenvalue weighted by Gasteiger charge is -2.35. The molecule has 4 heterocycles. The number of likely N-dealkylation sites (N-methyl/N-ethyl adjacent to an activating group) is 1. The van der Waals surface area contributed by atoms with Gasteiger partial charge in [0, 0.05) is 50.0 Å². The largest absolute Gasteiger partial charge is 0.463 e. The minimum absolute atomic E-state index is 0.0365. The smallest absolute Gasteiger partial charge is 0.338 e. The number of hydrogen-bond donors (Lipinski definition) is 1. The number of thiazole rings is 1. The van der Waals surface area contributed by atoms with E-state index in [0.717, 1.165) is 0 Å². The number of carbonyl (C=O) groups is 2. The number of esters is 2. The van der Waals surface area contributed by atoms with Gasteiger partial charge in [-0.25, -0.2) is 33.0 Å². The van der Waals surface area contributed by atoms with Crippen LogP contribution in [0.1, 0.15) is 70.1 Å². The third-order valence-corrected chi connectivity index (χ3v) is 9.81. The number of likely N-dealkylation sites (tertiary alicyclic amines) is 1. The van der Waals surface area contributed by atoms with Crippen molar-refractivity contribution in [3.63, 3.8) is 0 Å². The van der Waals surface area contributed by atoms with Gasteiger partial charge in [-0.1, -0.05) is 12.1 Å². The summed E-state index contributed by atoms with van der Waals surface area (Å²) >= 11 is 1.33. The van der Waals surface area contributed by atoms with Crippen LogP contribution in [0.3, 0.4) is 0 Å². The Bertz CT molecular complexity index is 1590. The van der Waals surface area contributed by atoms with Gasteiger partial charge < -0.3 is 14.8 Å². The molecular weight excluding hydrogens is 645 g/mol. The number of ether oxygens (including phenoxy) is 2. The van der Waals surface area contributed by atoms with Crippen LogP contribution in [0.4, 0.5) is 13.2 Å². The molecule has 1 aromatic heterocycles. The third kappa shape index (κ3) is 7.31. The standard InChI is InChI=1S/C34H45F3N6O4S/c1-9-46-30(44)25-23(39-28(29-38-14-16-48-29)40-26(25)21-11-10-12-22(35)20(21)2)17-42-19-34(36,37)27-24(42)18-41(8)43(27)15-13-33(6,7)31(45)47-32(3,4)5/h10-12,14,16,24,26-27H,9,13,15,17-19H2,1-8H3,(H,39,40)/t24?,26-,27?/m0/s1. The van der Waals surface area contributed by atoms with Crippen molar-refractivity contribution in [2.45, 2.75) is 84.5 Å². The Morgan fingerprint density at radius 2 is 1.92 bits per heavy atom. The molecule has 262 valence electrons. The highest BCUT2D eigenvalue weighted by molar-refractivity contribution is 7.11. The number of halogens is 3. The number of aromatic nitrogens is 1. The van der Waals surface area contributed by atoms with Gasteiger partial charge in [0.25, 0.3) is 5.92 Å². The molecule has 3 atom stereocenters. The van der Waals surface area contributed by atoms with Gasteiger partial charge in [-0.15, -0.1) is 11.3 Å². The van der Waals surface area contributed by atoms with E-state index in [-0.39, 0.29) is 31.2 Å². The average molecular weight is 691 g/mol. The quantitative estimate of drug-likeness (QED) is 0.341. The number of hydrogen-bond acceptors (Lipinski definition) is 11. The predicted molar refractivity (Wildman–Crippen MR) is 177 cm³/mol. The summed E-state index contributed by atoms with van der Waals surface area (Å²) in [6.45, 7) is 12.3. The van der Waals surface area contributed by atoms with Crippen LogP contribution in [0.2, 0.25) is 0 Å². The SMILES string of the molecule is CCOC(=O)C1=C(CN2CC(F)(F)C3C2CN(C)N3CCC(C)(C)C(=O)OC(C)(C)C)NC(c2nccs2)=N[C@H]1c1cccc(F)c1C. The Morgan fingerprint density at radius 1 is 1.19 bits per heavy atom. The highest BCUT2D eigenvalue weighted by Crippen LogP contribution is 2.43. The maximum Gasteiger partial charge on any atom is 0.338 e. The molecule has 0 aliphatic carbocycles. The molecule has 10 nitrogen and oxygen atoms in total. The number of carbonyl (C=O) groups excluding carboxylic acids is 2. The van der Waals surface area contributed by atoms with E-state index in [1.807, 2.05) is 0 Å². The van der Waals surface area contributed by atoms with Crippen molar-refractivity contribution in [2.24, 2.45) is 10.4 Å². The zero-order chi connectivity index (χ0) is 35.2. The fourth-order valence-electron chi connectivity index (χ4n) is 6.55. The van der Waals surface area contributed by atoms with E-state index in [0.29, 0.717) is 40.6 Å². The van der Waals surface area contributed by atoms with Gasteiger partial charge in [0.2, 0.25) is 0 Å². The molecule has 1 aromatic carbocycles. The Kier molecular flexibility index (Phi) is 10.1. The molecule has 2 fully saturated rings. The van der Waals surface area contributed by atoms with Gasteiger partial charge in [-0.2, -0.15) is 0 Å². The minimum Gasteiger partial charge on any atom is -0.463 e. The Hall–Kier alpha value is -3.33. The first kappa shape index (κ1) is 36.0. The molecule has 0 amide bonds. The van der Waals surface area contributed by atoms with E-state index in [1.165, 1.54) is 17.4 Å². The van der Waals surface area contributed by atoms with Crippen LogP contribution in [0, 0.1) is 18.2 Å². The normalized spacial score (nSPS) is 23.6. The Balaban J connectivity index is 1.47. The number of nitrogens with one attached hydrogen (secondary N) is 1. The van der Waals surface area contributed by atoms with E-state index in [9.17, 15) is 14.0 Å². The van der Waals surface area contributed by atoms with Crippen LogP contribution in [-0.2, 0) is 19.1 Å². The lowest BCUT2D eigenvalue weighted by atomic mass is 9.89. The lowest BCUT2D eigenvalue weighted by Crippen LogP contribution is -2.50. The van der Waals surface area contributed by atoms with E-state index in [4.69, 9.17) is 14.5 Å². The molecule has 0 bridgehead atoms. The Labute approximate surface area is 284 Å². The van der Waals surface area contributed by atoms with Crippen molar-refractivity contribution in [3.8, 4) is 0 Å². The predicted octanol–water partition coefficient (Wildman–Crippen LogP) is 5.11. The average Bonchev–Trinajstić information content (AvgIpc) is 3.69. The molecule has 0 radical (unpaired) electrons. The summed E-state index contributed by atoms with van der Waals surface area (Å²) in [7, 11) is 1.77. The first-order valence-corrected chi connectivity index (χ1v) is 17.0. The lowest BCUT2D eigenvalue weighted by molar-refractivity contribution is -0.167. The second-order valence-corrected chi connectivity index (χ2v) is 15.1. The molecule has 48 heavy (non-hydrogen) atoms.